The standard InChI is InChI=1S/C15H25N3O2/c1-19-14-5-3-4-13(15(14)20-2)12-17-8-11-18-9-6-16-7-10-18/h3-5,16-17H,6-12H2,1-2H3. The van der Waals surface area contributed by atoms with Gasteiger partial charge in [0.1, 0.15) is 0 Å². The normalized spacial score (nSPS) is 16.1. The lowest BCUT2D eigenvalue weighted by Crippen LogP contribution is -2.45. The maximum Gasteiger partial charge on any atom is 0.165 e. The number of nitrogens with zero attached hydrogens (tertiary/aromatic N) is 1. The molecule has 1 aliphatic rings. The van der Waals surface area contributed by atoms with Crippen LogP contribution >= 0.6 is 0 Å². The number of nitrogens with one attached hydrogen (secondary N) is 2. The zero-order chi connectivity index (χ0) is 14.2. The van der Waals surface area contributed by atoms with Crippen molar-refractivity contribution in [3.63, 3.8) is 0 Å². The molecule has 0 radical (unpaired) electrons. The van der Waals surface area contributed by atoms with E-state index in [0.717, 1.165) is 62.9 Å². The SMILES string of the molecule is COc1cccc(CNCCN2CCNCC2)c1OC. The molecule has 0 aromatic heterocycles. The van der Waals surface area contributed by atoms with Gasteiger partial charge in [0.2, 0.25) is 0 Å². The van der Waals surface area contributed by atoms with Crippen molar-refractivity contribution in [1.29, 1.82) is 0 Å². The molecule has 5 nitrogen and oxygen atoms in total. The van der Waals surface area contributed by atoms with E-state index >= 15 is 0 Å². The maximum atomic E-state index is 5.43. The number of benzene rings is 1. The van der Waals surface area contributed by atoms with Crippen molar-refractivity contribution in [3.8, 4) is 11.5 Å². The molecule has 1 aliphatic heterocycles. The summed E-state index contributed by atoms with van der Waals surface area (Å²) in [6.45, 7) is 7.36. The third kappa shape index (κ3) is 4.10. The molecule has 112 valence electrons. The number of ether oxygens (including phenoxy) is 2. The molecule has 0 unspecified atom stereocenters. The van der Waals surface area contributed by atoms with Crippen molar-refractivity contribution in [2.24, 2.45) is 0 Å². The fourth-order valence-corrected chi connectivity index (χ4v) is 2.49. The summed E-state index contributed by atoms with van der Waals surface area (Å²) in [5, 5.41) is 6.84. The van der Waals surface area contributed by atoms with Gasteiger partial charge in [0.15, 0.2) is 11.5 Å². The number of methoxy groups -OCH3 is 2. The molecular formula is C15H25N3O2. The molecule has 0 spiro atoms. The van der Waals surface area contributed by atoms with Gasteiger partial charge in [0.05, 0.1) is 14.2 Å². The fourth-order valence-electron chi connectivity index (χ4n) is 2.49. The van der Waals surface area contributed by atoms with E-state index in [9.17, 15) is 0 Å². The average Bonchev–Trinajstić information content (AvgIpc) is 2.52. The monoisotopic (exact) mass is 279 g/mol. The lowest BCUT2D eigenvalue weighted by molar-refractivity contribution is 0.241. The Morgan fingerprint density at radius 3 is 2.70 bits per heavy atom. The topological polar surface area (TPSA) is 45.8 Å². The van der Waals surface area contributed by atoms with Gasteiger partial charge in [0.25, 0.3) is 0 Å². The quantitative estimate of drug-likeness (QED) is 0.719. The van der Waals surface area contributed by atoms with Crippen molar-refractivity contribution in [1.82, 2.24) is 15.5 Å². The fraction of sp³-hybridized carbons (Fsp3) is 0.600. The first kappa shape index (κ1) is 15.1. The molecule has 1 aromatic carbocycles. The summed E-state index contributed by atoms with van der Waals surface area (Å²) in [5.74, 6) is 1.61. The highest BCUT2D eigenvalue weighted by Gasteiger charge is 2.10. The second-order valence-corrected chi connectivity index (χ2v) is 4.92. The molecule has 0 bridgehead atoms. The summed E-state index contributed by atoms with van der Waals surface area (Å²) >= 11 is 0. The van der Waals surface area contributed by atoms with Crippen molar-refractivity contribution in [2.45, 2.75) is 6.54 Å². The van der Waals surface area contributed by atoms with Gasteiger partial charge in [-0.1, -0.05) is 12.1 Å². The third-order valence-corrected chi connectivity index (χ3v) is 3.61. The van der Waals surface area contributed by atoms with E-state index in [1.807, 2.05) is 12.1 Å². The van der Waals surface area contributed by atoms with E-state index in [1.165, 1.54) is 0 Å². The van der Waals surface area contributed by atoms with Crippen LogP contribution in [0.25, 0.3) is 0 Å². The first-order valence-electron chi connectivity index (χ1n) is 7.19. The van der Waals surface area contributed by atoms with Gasteiger partial charge in [-0.15, -0.1) is 0 Å². The highest BCUT2D eigenvalue weighted by atomic mass is 16.5. The maximum absolute atomic E-state index is 5.43. The molecule has 1 aromatic rings. The predicted octanol–water partition coefficient (Wildman–Crippen LogP) is 0.699. The van der Waals surface area contributed by atoms with Crippen LogP contribution in [0.1, 0.15) is 5.56 Å². The molecule has 0 aliphatic carbocycles. The Morgan fingerprint density at radius 1 is 1.20 bits per heavy atom. The Hall–Kier alpha value is -1.30. The Morgan fingerprint density at radius 2 is 2.00 bits per heavy atom. The number of piperazine rings is 1. The first-order chi connectivity index (χ1) is 9.85. The van der Waals surface area contributed by atoms with Crippen molar-refractivity contribution in [2.75, 3.05) is 53.5 Å². The van der Waals surface area contributed by atoms with Crippen molar-refractivity contribution < 1.29 is 9.47 Å². The smallest absolute Gasteiger partial charge is 0.165 e. The summed E-state index contributed by atoms with van der Waals surface area (Å²) in [6.07, 6.45) is 0. The summed E-state index contributed by atoms with van der Waals surface area (Å²) < 4.78 is 10.7. The van der Waals surface area contributed by atoms with Crippen LogP contribution in [0.3, 0.4) is 0 Å². The van der Waals surface area contributed by atoms with Crippen LogP contribution in [-0.4, -0.2) is 58.4 Å². The largest absolute Gasteiger partial charge is 0.493 e. The summed E-state index contributed by atoms with van der Waals surface area (Å²) in [5.41, 5.74) is 1.13. The highest BCUT2D eigenvalue weighted by molar-refractivity contribution is 5.46. The molecule has 0 saturated carbocycles. The molecule has 2 rings (SSSR count). The van der Waals surface area contributed by atoms with E-state index in [0.29, 0.717) is 0 Å². The zero-order valence-electron chi connectivity index (χ0n) is 12.4. The summed E-state index contributed by atoms with van der Waals surface area (Å²) in [6, 6.07) is 5.98. The summed E-state index contributed by atoms with van der Waals surface area (Å²) in [4.78, 5) is 2.48. The Kier molecular flexibility index (Phi) is 6.11. The van der Waals surface area contributed by atoms with E-state index < -0.39 is 0 Å². The minimum Gasteiger partial charge on any atom is -0.493 e. The lowest BCUT2D eigenvalue weighted by Gasteiger charge is -2.27. The number of para-hydroxylation sites is 1. The Bertz CT molecular complexity index is 406. The molecule has 1 fully saturated rings. The van der Waals surface area contributed by atoms with Crippen LogP contribution < -0.4 is 20.1 Å². The van der Waals surface area contributed by atoms with Crippen LogP contribution in [0.15, 0.2) is 18.2 Å². The van der Waals surface area contributed by atoms with Gasteiger partial charge < -0.3 is 20.1 Å². The molecule has 0 amide bonds. The van der Waals surface area contributed by atoms with Crippen LogP contribution in [0.2, 0.25) is 0 Å². The van der Waals surface area contributed by atoms with E-state index in [2.05, 4.69) is 21.6 Å². The second kappa shape index (κ2) is 8.09. The second-order valence-electron chi connectivity index (χ2n) is 4.92. The molecule has 1 heterocycles. The van der Waals surface area contributed by atoms with Crippen molar-refractivity contribution in [3.05, 3.63) is 23.8 Å². The van der Waals surface area contributed by atoms with E-state index in [1.54, 1.807) is 14.2 Å². The molecule has 1 saturated heterocycles. The zero-order valence-corrected chi connectivity index (χ0v) is 12.4. The van der Waals surface area contributed by atoms with Gasteiger partial charge in [0, 0.05) is 51.4 Å². The summed E-state index contributed by atoms with van der Waals surface area (Å²) in [7, 11) is 3.35. The highest BCUT2D eigenvalue weighted by Crippen LogP contribution is 2.30. The lowest BCUT2D eigenvalue weighted by atomic mass is 10.2. The Labute approximate surface area is 121 Å². The van der Waals surface area contributed by atoms with Gasteiger partial charge in [-0.05, 0) is 6.07 Å². The third-order valence-electron chi connectivity index (χ3n) is 3.61. The number of rotatable bonds is 7. The van der Waals surface area contributed by atoms with Crippen LogP contribution in [0.4, 0.5) is 0 Å². The first-order valence-corrected chi connectivity index (χ1v) is 7.19. The van der Waals surface area contributed by atoms with Gasteiger partial charge in [-0.25, -0.2) is 0 Å². The van der Waals surface area contributed by atoms with E-state index in [4.69, 9.17) is 9.47 Å². The molecular weight excluding hydrogens is 254 g/mol. The van der Waals surface area contributed by atoms with E-state index in [-0.39, 0.29) is 0 Å². The molecule has 0 atom stereocenters. The Balaban J connectivity index is 1.78. The van der Waals surface area contributed by atoms with Crippen LogP contribution in [0, 0.1) is 0 Å². The van der Waals surface area contributed by atoms with Gasteiger partial charge >= 0.3 is 0 Å². The van der Waals surface area contributed by atoms with Gasteiger partial charge in [-0.3, -0.25) is 4.90 Å². The molecule has 20 heavy (non-hydrogen) atoms. The molecule has 5 heteroatoms. The predicted molar refractivity (Wildman–Crippen MR) is 80.6 cm³/mol. The van der Waals surface area contributed by atoms with Crippen molar-refractivity contribution >= 4 is 0 Å². The average molecular weight is 279 g/mol. The minimum absolute atomic E-state index is 0.786. The van der Waals surface area contributed by atoms with Gasteiger partial charge in [-0.2, -0.15) is 0 Å². The minimum atomic E-state index is 0.786. The number of hydrogen-bond donors (Lipinski definition) is 2. The van der Waals surface area contributed by atoms with Crippen LogP contribution in [0.5, 0.6) is 11.5 Å². The number of hydrogen-bond acceptors (Lipinski definition) is 5. The molecule has 2 N–H and O–H groups in total. The van der Waals surface area contributed by atoms with Crippen LogP contribution in [-0.2, 0) is 6.54 Å².